The van der Waals surface area contributed by atoms with Crippen LogP contribution in [-0.2, 0) is 0 Å². The van der Waals surface area contributed by atoms with E-state index in [-0.39, 0.29) is 24.3 Å². The molecule has 0 saturated heterocycles. The average molecular weight is 251 g/mol. The van der Waals surface area contributed by atoms with Crippen molar-refractivity contribution in [1.29, 1.82) is 0 Å². The van der Waals surface area contributed by atoms with E-state index in [1.54, 1.807) is 0 Å². The highest BCUT2D eigenvalue weighted by Crippen LogP contribution is 2.41. The molecule has 6 heteroatoms. The third kappa shape index (κ3) is 3.33. The molecule has 0 aliphatic heterocycles. The van der Waals surface area contributed by atoms with Crippen molar-refractivity contribution in [3.8, 4) is 5.75 Å². The number of benzene rings is 1. The largest absolute Gasteiger partial charge is 0.496 e. The first kappa shape index (κ1) is 13.8. The van der Waals surface area contributed by atoms with Gasteiger partial charge in [0.15, 0.2) is 0 Å². The summed E-state index contributed by atoms with van der Waals surface area (Å²) in [5.41, 5.74) is 4.94. The summed E-state index contributed by atoms with van der Waals surface area (Å²) in [5, 5.41) is 0. The second kappa shape index (κ2) is 5.35. The molecule has 0 saturated carbocycles. The fourth-order valence-electron chi connectivity index (χ4n) is 1.64. The lowest BCUT2D eigenvalue weighted by Gasteiger charge is -2.22. The molecule has 0 aliphatic rings. The van der Waals surface area contributed by atoms with Crippen molar-refractivity contribution >= 4 is 0 Å². The SMILES string of the molecule is COc1ccc(F)cc1C(CCN)C(F)(F)F. The van der Waals surface area contributed by atoms with Gasteiger partial charge in [0, 0.05) is 5.56 Å². The molecular weight excluding hydrogens is 238 g/mol. The highest BCUT2D eigenvalue weighted by Gasteiger charge is 2.41. The van der Waals surface area contributed by atoms with Crippen molar-refractivity contribution in [2.75, 3.05) is 13.7 Å². The van der Waals surface area contributed by atoms with Gasteiger partial charge in [-0.1, -0.05) is 0 Å². The van der Waals surface area contributed by atoms with Crippen molar-refractivity contribution in [3.63, 3.8) is 0 Å². The molecule has 2 nitrogen and oxygen atoms in total. The summed E-state index contributed by atoms with van der Waals surface area (Å²) in [5.74, 6) is -2.52. The molecule has 1 rings (SSSR count). The van der Waals surface area contributed by atoms with Crippen LogP contribution in [0.3, 0.4) is 0 Å². The number of hydrogen-bond donors (Lipinski definition) is 1. The minimum absolute atomic E-state index is 0.0159. The zero-order chi connectivity index (χ0) is 13.1. The van der Waals surface area contributed by atoms with Crippen LogP contribution >= 0.6 is 0 Å². The number of alkyl halides is 3. The van der Waals surface area contributed by atoms with Gasteiger partial charge in [0.25, 0.3) is 0 Å². The first-order valence-electron chi connectivity index (χ1n) is 5.00. The van der Waals surface area contributed by atoms with Crippen molar-refractivity contribution in [3.05, 3.63) is 29.6 Å². The third-order valence-electron chi connectivity index (χ3n) is 2.42. The predicted octanol–water partition coefficient (Wildman–Crippen LogP) is 2.83. The van der Waals surface area contributed by atoms with E-state index >= 15 is 0 Å². The highest BCUT2D eigenvalue weighted by atomic mass is 19.4. The zero-order valence-corrected chi connectivity index (χ0v) is 9.22. The van der Waals surface area contributed by atoms with Crippen LogP contribution in [0.15, 0.2) is 18.2 Å². The Morgan fingerprint density at radius 3 is 2.47 bits per heavy atom. The van der Waals surface area contributed by atoms with Crippen LogP contribution in [0.25, 0.3) is 0 Å². The lowest BCUT2D eigenvalue weighted by atomic mass is 9.94. The van der Waals surface area contributed by atoms with E-state index in [0.717, 1.165) is 12.1 Å². The van der Waals surface area contributed by atoms with Crippen molar-refractivity contribution in [1.82, 2.24) is 0 Å². The fourth-order valence-corrected chi connectivity index (χ4v) is 1.64. The van der Waals surface area contributed by atoms with Crippen LogP contribution in [0.4, 0.5) is 17.6 Å². The average Bonchev–Trinajstić information content (AvgIpc) is 2.24. The molecule has 96 valence electrons. The Labute approximate surface area is 96.4 Å². The summed E-state index contributed by atoms with van der Waals surface area (Å²) in [4.78, 5) is 0. The van der Waals surface area contributed by atoms with E-state index in [4.69, 9.17) is 10.5 Å². The molecule has 0 bridgehead atoms. The maximum atomic E-state index is 13.0. The molecule has 0 radical (unpaired) electrons. The number of halogens is 4. The highest BCUT2D eigenvalue weighted by molar-refractivity contribution is 5.37. The quantitative estimate of drug-likeness (QED) is 0.835. The van der Waals surface area contributed by atoms with Crippen molar-refractivity contribution < 1.29 is 22.3 Å². The van der Waals surface area contributed by atoms with E-state index in [9.17, 15) is 17.6 Å². The van der Waals surface area contributed by atoms with E-state index in [2.05, 4.69) is 0 Å². The van der Waals surface area contributed by atoms with Gasteiger partial charge in [-0.2, -0.15) is 13.2 Å². The smallest absolute Gasteiger partial charge is 0.395 e. The topological polar surface area (TPSA) is 35.2 Å². The number of ether oxygens (including phenoxy) is 1. The third-order valence-corrected chi connectivity index (χ3v) is 2.42. The summed E-state index contributed by atoms with van der Waals surface area (Å²) in [6.45, 7) is -0.135. The Kier molecular flexibility index (Phi) is 4.34. The van der Waals surface area contributed by atoms with E-state index in [0.29, 0.717) is 0 Å². The molecular formula is C11H13F4NO. The molecule has 1 aromatic rings. The van der Waals surface area contributed by atoms with Gasteiger partial charge in [0.05, 0.1) is 13.0 Å². The normalized spacial score (nSPS) is 13.5. The van der Waals surface area contributed by atoms with E-state index in [1.165, 1.54) is 13.2 Å². The minimum atomic E-state index is -4.47. The van der Waals surface area contributed by atoms with Gasteiger partial charge >= 0.3 is 6.18 Å². The van der Waals surface area contributed by atoms with Gasteiger partial charge in [-0.15, -0.1) is 0 Å². The Balaban J connectivity index is 3.21. The van der Waals surface area contributed by atoms with Gasteiger partial charge in [0.1, 0.15) is 11.6 Å². The van der Waals surface area contributed by atoms with Crippen molar-refractivity contribution in [2.24, 2.45) is 5.73 Å². The first-order valence-corrected chi connectivity index (χ1v) is 5.00. The summed E-state index contributed by atoms with van der Waals surface area (Å²) in [7, 11) is 1.24. The molecule has 1 unspecified atom stereocenters. The second-order valence-corrected chi connectivity index (χ2v) is 3.56. The Hall–Kier alpha value is -1.30. The van der Waals surface area contributed by atoms with Crippen LogP contribution < -0.4 is 10.5 Å². The lowest BCUT2D eigenvalue weighted by molar-refractivity contribution is -0.151. The van der Waals surface area contributed by atoms with Crippen LogP contribution in [0.2, 0.25) is 0 Å². The summed E-state index contributed by atoms with van der Waals surface area (Å²) in [6.07, 6.45) is -4.77. The van der Waals surface area contributed by atoms with E-state index < -0.39 is 17.9 Å². The Morgan fingerprint density at radius 1 is 1.35 bits per heavy atom. The Morgan fingerprint density at radius 2 is 2.00 bits per heavy atom. The molecule has 1 aromatic carbocycles. The molecule has 0 amide bonds. The van der Waals surface area contributed by atoms with Crippen LogP contribution in [0, 0.1) is 5.82 Å². The Bertz CT molecular complexity index is 378. The molecule has 17 heavy (non-hydrogen) atoms. The van der Waals surface area contributed by atoms with Gasteiger partial charge in [0.2, 0.25) is 0 Å². The standard InChI is InChI=1S/C11H13F4NO/c1-17-10-3-2-7(12)6-8(10)9(4-5-16)11(13,14)15/h2-3,6,9H,4-5,16H2,1H3. The lowest BCUT2D eigenvalue weighted by Crippen LogP contribution is -2.24. The molecule has 1 atom stereocenters. The van der Waals surface area contributed by atoms with Crippen molar-refractivity contribution in [2.45, 2.75) is 18.5 Å². The van der Waals surface area contributed by atoms with Gasteiger partial charge in [-0.25, -0.2) is 4.39 Å². The monoisotopic (exact) mass is 251 g/mol. The molecule has 0 fully saturated rings. The summed E-state index contributed by atoms with van der Waals surface area (Å²) >= 11 is 0. The van der Waals surface area contributed by atoms with Crippen LogP contribution in [-0.4, -0.2) is 19.8 Å². The number of nitrogens with two attached hydrogens (primary N) is 1. The minimum Gasteiger partial charge on any atom is -0.496 e. The molecule has 0 spiro atoms. The maximum Gasteiger partial charge on any atom is 0.395 e. The van der Waals surface area contributed by atoms with Gasteiger partial charge in [-0.05, 0) is 31.2 Å². The number of methoxy groups -OCH3 is 1. The van der Waals surface area contributed by atoms with Crippen LogP contribution in [0.5, 0.6) is 5.75 Å². The molecule has 0 aliphatic carbocycles. The number of rotatable bonds is 4. The summed E-state index contributed by atoms with van der Waals surface area (Å²) < 4.78 is 56.3. The molecule has 2 N–H and O–H groups in total. The van der Waals surface area contributed by atoms with Crippen LogP contribution in [0.1, 0.15) is 17.9 Å². The molecule has 0 aromatic heterocycles. The van der Waals surface area contributed by atoms with Gasteiger partial charge in [-0.3, -0.25) is 0 Å². The van der Waals surface area contributed by atoms with Gasteiger partial charge < -0.3 is 10.5 Å². The first-order chi connectivity index (χ1) is 7.90. The van der Waals surface area contributed by atoms with E-state index in [1.807, 2.05) is 0 Å². The fraction of sp³-hybridized carbons (Fsp3) is 0.455. The maximum absolute atomic E-state index is 13.0. The molecule has 0 heterocycles. The zero-order valence-electron chi connectivity index (χ0n) is 9.22. The predicted molar refractivity (Wildman–Crippen MR) is 55.4 cm³/mol. The number of hydrogen-bond acceptors (Lipinski definition) is 2. The summed E-state index contributed by atoms with van der Waals surface area (Å²) in [6, 6.07) is 3.07. The second-order valence-electron chi connectivity index (χ2n) is 3.56.